The maximum atomic E-state index is 12.9. The second-order valence-electron chi connectivity index (χ2n) is 4.38. The molecule has 4 heteroatoms. The van der Waals surface area contributed by atoms with Gasteiger partial charge in [-0.2, -0.15) is 0 Å². The molecule has 0 aromatic heterocycles. The first-order valence-electron chi connectivity index (χ1n) is 5.56. The second-order valence-corrected chi connectivity index (χ2v) is 4.38. The molecule has 0 amide bonds. The van der Waals surface area contributed by atoms with Crippen LogP contribution < -0.4 is 5.73 Å². The molecule has 0 aliphatic carbocycles. The molecule has 2 nitrogen and oxygen atoms in total. The number of halogens is 2. The Morgan fingerprint density at radius 2 is 1.94 bits per heavy atom. The van der Waals surface area contributed by atoms with Gasteiger partial charge in [-0.05, 0) is 37.1 Å². The molecule has 0 bridgehead atoms. The first-order valence-corrected chi connectivity index (χ1v) is 5.56. The summed E-state index contributed by atoms with van der Waals surface area (Å²) in [6.07, 6.45) is 1.68. The maximum Gasteiger partial charge on any atom is 0.126 e. The van der Waals surface area contributed by atoms with Crippen LogP contribution in [0, 0.1) is 11.6 Å². The van der Waals surface area contributed by atoms with E-state index in [1.165, 1.54) is 12.1 Å². The van der Waals surface area contributed by atoms with E-state index < -0.39 is 11.6 Å². The van der Waals surface area contributed by atoms with E-state index in [0.29, 0.717) is 12.0 Å². The molecule has 0 spiro atoms. The molecule has 2 N–H and O–H groups in total. The predicted molar refractivity (Wildman–Crippen MR) is 59.1 cm³/mol. The van der Waals surface area contributed by atoms with Gasteiger partial charge in [-0.3, -0.25) is 0 Å². The van der Waals surface area contributed by atoms with E-state index in [9.17, 15) is 8.78 Å². The van der Waals surface area contributed by atoms with Crippen molar-refractivity contribution < 1.29 is 8.78 Å². The number of hydrogen-bond donors (Lipinski definition) is 1. The van der Waals surface area contributed by atoms with Crippen LogP contribution in [0.4, 0.5) is 8.78 Å². The van der Waals surface area contributed by atoms with Crippen LogP contribution in [0.1, 0.15) is 12.0 Å². The van der Waals surface area contributed by atoms with Crippen LogP contribution in [0.5, 0.6) is 0 Å². The van der Waals surface area contributed by atoms with Gasteiger partial charge in [-0.1, -0.05) is 0 Å². The lowest BCUT2D eigenvalue weighted by Gasteiger charge is -2.14. The molecule has 0 saturated carbocycles. The van der Waals surface area contributed by atoms with Crippen molar-refractivity contribution in [2.75, 3.05) is 19.6 Å². The summed E-state index contributed by atoms with van der Waals surface area (Å²) < 4.78 is 25.8. The molecule has 1 unspecified atom stereocenters. The second kappa shape index (κ2) is 4.89. The standard InChI is InChI=1S/C12H16F2N2/c13-10-5-9(6-11(14)7-10)1-3-16-4-2-12(15)8-16/h5-7,12H,1-4,8,15H2. The van der Waals surface area contributed by atoms with Crippen LogP contribution >= 0.6 is 0 Å². The molecule has 1 saturated heterocycles. The highest BCUT2D eigenvalue weighted by Crippen LogP contribution is 2.11. The Hall–Kier alpha value is -1.00. The zero-order valence-electron chi connectivity index (χ0n) is 9.13. The van der Waals surface area contributed by atoms with Crippen LogP contribution in [0.2, 0.25) is 0 Å². The first-order chi connectivity index (χ1) is 7.63. The highest BCUT2D eigenvalue weighted by molar-refractivity contribution is 5.18. The Bertz CT molecular complexity index is 348. The summed E-state index contributed by atoms with van der Waals surface area (Å²) in [6, 6.07) is 3.93. The van der Waals surface area contributed by atoms with E-state index in [1.54, 1.807) is 0 Å². The third-order valence-electron chi connectivity index (χ3n) is 2.95. The van der Waals surface area contributed by atoms with Crippen molar-refractivity contribution in [3.05, 3.63) is 35.4 Å². The fourth-order valence-electron chi connectivity index (χ4n) is 2.11. The smallest absolute Gasteiger partial charge is 0.126 e. The average molecular weight is 226 g/mol. The number of hydrogen-bond acceptors (Lipinski definition) is 2. The van der Waals surface area contributed by atoms with Crippen LogP contribution in [0.3, 0.4) is 0 Å². The van der Waals surface area contributed by atoms with Gasteiger partial charge in [0.1, 0.15) is 11.6 Å². The predicted octanol–water partition coefficient (Wildman–Crippen LogP) is 1.54. The van der Waals surface area contributed by atoms with E-state index in [2.05, 4.69) is 4.90 Å². The van der Waals surface area contributed by atoms with Crippen molar-refractivity contribution in [2.45, 2.75) is 18.9 Å². The zero-order valence-corrected chi connectivity index (χ0v) is 9.13. The van der Waals surface area contributed by atoms with Crippen molar-refractivity contribution in [1.29, 1.82) is 0 Å². The van der Waals surface area contributed by atoms with Gasteiger partial charge in [0.15, 0.2) is 0 Å². The number of likely N-dealkylation sites (tertiary alicyclic amines) is 1. The molecule has 1 aliphatic rings. The fourth-order valence-corrected chi connectivity index (χ4v) is 2.11. The third-order valence-corrected chi connectivity index (χ3v) is 2.95. The fraction of sp³-hybridized carbons (Fsp3) is 0.500. The molecule has 1 aromatic rings. The van der Waals surface area contributed by atoms with Crippen molar-refractivity contribution in [3.8, 4) is 0 Å². The number of nitrogens with two attached hydrogens (primary N) is 1. The monoisotopic (exact) mass is 226 g/mol. The van der Waals surface area contributed by atoms with E-state index in [1.807, 2.05) is 0 Å². The molecule has 1 heterocycles. The van der Waals surface area contributed by atoms with Gasteiger partial charge < -0.3 is 10.6 Å². The Morgan fingerprint density at radius 3 is 2.50 bits per heavy atom. The molecular formula is C12H16F2N2. The maximum absolute atomic E-state index is 12.9. The Kier molecular flexibility index (Phi) is 3.51. The molecule has 1 atom stereocenters. The average Bonchev–Trinajstić information content (AvgIpc) is 2.60. The van der Waals surface area contributed by atoms with Gasteiger partial charge in [0.05, 0.1) is 0 Å². The van der Waals surface area contributed by atoms with E-state index in [4.69, 9.17) is 5.73 Å². The highest BCUT2D eigenvalue weighted by atomic mass is 19.1. The lowest BCUT2D eigenvalue weighted by molar-refractivity contribution is 0.338. The topological polar surface area (TPSA) is 29.3 Å². The normalized spacial score (nSPS) is 21.6. The number of benzene rings is 1. The van der Waals surface area contributed by atoms with Crippen molar-refractivity contribution in [1.82, 2.24) is 4.90 Å². The first kappa shape index (κ1) is 11.5. The SMILES string of the molecule is NC1CCN(CCc2cc(F)cc(F)c2)C1. The minimum atomic E-state index is -0.506. The molecule has 0 radical (unpaired) electrons. The Balaban J connectivity index is 1.89. The molecule has 1 aliphatic heterocycles. The summed E-state index contributed by atoms with van der Waals surface area (Å²) >= 11 is 0. The van der Waals surface area contributed by atoms with Crippen LogP contribution in [-0.4, -0.2) is 30.6 Å². The molecule has 16 heavy (non-hydrogen) atoms. The molecule has 1 fully saturated rings. The minimum absolute atomic E-state index is 0.254. The van der Waals surface area contributed by atoms with Crippen LogP contribution in [0.15, 0.2) is 18.2 Å². The van der Waals surface area contributed by atoms with Gasteiger partial charge in [0, 0.05) is 25.2 Å². The lowest BCUT2D eigenvalue weighted by Crippen LogP contribution is -2.28. The molecular weight excluding hydrogens is 210 g/mol. The number of rotatable bonds is 3. The van der Waals surface area contributed by atoms with E-state index >= 15 is 0 Å². The summed E-state index contributed by atoms with van der Waals surface area (Å²) in [5, 5.41) is 0. The van der Waals surface area contributed by atoms with Gasteiger partial charge in [0.2, 0.25) is 0 Å². The zero-order chi connectivity index (χ0) is 11.5. The highest BCUT2D eigenvalue weighted by Gasteiger charge is 2.18. The largest absolute Gasteiger partial charge is 0.326 e. The van der Waals surface area contributed by atoms with Crippen LogP contribution in [0.25, 0.3) is 0 Å². The van der Waals surface area contributed by atoms with E-state index in [-0.39, 0.29) is 6.04 Å². The number of nitrogens with zero attached hydrogens (tertiary/aromatic N) is 1. The molecule has 88 valence electrons. The van der Waals surface area contributed by atoms with Crippen molar-refractivity contribution in [2.24, 2.45) is 5.73 Å². The summed E-state index contributed by atoms with van der Waals surface area (Å²) in [4.78, 5) is 2.23. The van der Waals surface area contributed by atoms with Crippen molar-refractivity contribution in [3.63, 3.8) is 0 Å². The summed E-state index contributed by atoms with van der Waals surface area (Å²) in [5.41, 5.74) is 6.49. The van der Waals surface area contributed by atoms with Gasteiger partial charge in [0.25, 0.3) is 0 Å². The minimum Gasteiger partial charge on any atom is -0.326 e. The van der Waals surface area contributed by atoms with Gasteiger partial charge in [-0.25, -0.2) is 8.78 Å². The third kappa shape index (κ3) is 3.00. The molecule has 2 rings (SSSR count). The van der Waals surface area contributed by atoms with Gasteiger partial charge in [-0.15, -0.1) is 0 Å². The Morgan fingerprint density at radius 1 is 1.25 bits per heavy atom. The molecule has 1 aromatic carbocycles. The quantitative estimate of drug-likeness (QED) is 0.847. The van der Waals surface area contributed by atoms with Crippen molar-refractivity contribution >= 4 is 0 Å². The van der Waals surface area contributed by atoms with Crippen LogP contribution in [-0.2, 0) is 6.42 Å². The summed E-state index contributed by atoms with van der Waals surface area (Å²) in [6.45, 7) is 2.69. The lowest BCUT2D eigenvalue weighted by atomic mass is 10.1. The van der Waals surface area contributed by atoms with Gasteiger partial charge >= 0.3 is 0 Å². The summed E-state index contributed by atoms with van der Waals surface area (Å²) in [7, 11) is 0. The summed E-state index contributed by atoms with van der Waals surface area (Å²) in [5.74, 6) is -1.01. The van der Waals surface area contributed by atoms with E-state index in [0.717, 1.165) is 32.1 Å². The Labute approximate surface area is 94.0 Å².